The number of hydrogen-bond acceptors (Lipinski definition) is 3. The molecule has 0 bridgehead atoms. The van der Waals surface area contributed by atoms with Gasteiger partial charge in [0.15, 0.2) is 0 Å². The summed E-state index contributed by atoms with van der Waals surface area (Å²) in [6.45, 7) is 4.27. The lowest BCUT2D eigenvalue weighted by Crippen LogP contribution is -2.24. The Kier molecular flexibility index (Phi) is 6.68. The van der Waals surface area contributed by atoms with Gasteiger partial charge in [0.05, 0.1) is 17.6 Å². The maximum atomic E-state index is 12.9. The minimum Gasteiger partial charge on any atom is -0.493 e. The number of aromatic nitrogens is 2. The first-order chi connectivity index (χ1) is 16.6. The number of hydrogen-bond donors (Lipinski definition) is 0. The highest BCUT2D eigenvalue weighted by Gasteiger charge is 2.34. The van der Waals surface area contributed by atoms with E-state index in [-0.39, 0.29) is 11.8 Å². The topological polar surface area (TPSA) is 47.4 Å². The minimum atomic E-state index is 0.0757. The van der Waals surface area contributed by atoms with Crippen LogP contribution in [0, 0.1) is 6.92 Å². The van der Waals surface area contributed by atoms with Crippen LogP contribution in [0.4, 0.5) is 5.69 Å². The van der Waals surface area contributed by atoms with Gasteiger partial charge >= 0.3 is 0 Å². The minimum absolute atomic E-state index is 0.0757. The van der Waals surface area contributed by atoms with Gasteiger partial charge in [0, 0.05) is 35.6 Å². The number of amides is 1. The molecule has 1 aromatic heterocycles. The monoisotopic (exact) mass is 517 g/mol. The number of nitrogens with zero attached hydrogens (tertiary/aromatic N) is 3. The van der Waals surface area contributed by atoms with Crippen LogP contribution in [0.1, 0.15) is 36.6 Å². The molecule has 0 spiro atoms. The molecule has 1 unspecified atom stereocenters. The molecule has 1 aliphatic heterocycles. The first-order valence-corrected chi connectivity index (χ1v) is 12.6. The Hall–Kier alpha value is -3.12. The van der Waals surface area contributed by atoms with E-state index in [2.05, 4.69) is 51.7 Å². The van der Waals surface area contributed by atoms with E-state index in [4.69, 9.17) is 9.72 Å². The SMILES string of the molecule is Cc1ccccc1OCCCCn1c(C2CC(=O)N(c3ccc(Br)cc3)C2)nc2ccccc21. The Morgan fingerprint density at radius 1 is 1.00 bits per heavy atom. The van der Waals surface area contributed by atoms with E-state index in [1.807, 2.05) is 53.4 Å². The van der Waals surface area contributed by atoms with Gasteiger partial charge in [-0.05, 0) is 67.8 Å². The summed E-state index contributed by atoms with van der Waals surface area (Å²) in [6, 6.07) is 24.3. The van der Waals surface area contributed by atoms with E-state index in [0.717, 1.165) is 57.7 Å². The Morgan fingerprint density at radius 3 is 2.59 bits per heavy atom. The second-order valence-corrected chi connectivity index (χ2v) is 9.73. The molecule has 34 heavy (non-hydrogen) atoms. The first kappa shape index (κ1) is 22.7. The molecule has 1 amide bonds. The highest BCUT2D eigenvalue weighted by molar-refractivity contribution is 9.10. The van der Waals surface area contributed by atoms with Crippen molar-refractivity contribution in [1.82, 2.24) is 9.55 Å². The number of unbranched alkanes of at least 4 members (excludes halogenated alkanes) is 1. The molecule has 1 aliphatic rings. The molecule has 6 heteroatoms. The second-order valence-electron chi connectivity index (χ2n) is 8.81. The average Bonchev–Trinajstić information content (AvgIpc) is 3.41. The Bertz CT molecular complexity index is 1300. The number of fused-ring (bicyclic) bond motifs is 1. The molecule has 0 radical (unpaired) electrons. The number of anilines is 1. The van der Waals surface area contributed by atoms with Gasteiger partial charge < -0.3 is 14.2 Å². The standard InChI is InChI=1S/C28H28BrN3O2/c1-20-8-2-5-11-26(20)34-17-7-6-16-31-25-10-4-3-9-24(25)30-28(31)21-18-27(33)32(19-21)23-14-12-22(29)13-15-23/h2-5,8-15,21H,6-7,16-19H2,1H3. The lowest BCUT2D eigenvalue weighted by Gasteiger charge is -2.17. The summed E-state index contributed by atoms with van der Waals surface area (Å²) in [6.07, 6.45) is 2.42. The van der Waals surface area contributed by atoms with Crippen molar-refractivity contribution < 1.29 is 9.53 Å². The highest BCUT2D eigenvalue weighted by Crippen LogP contribution is 2.34. The third-order valence-corrected chi connectivity index (χ3v) is 6.97. The maximum Gasteiger partial charge on any atom is 0.227 e. The molecule has 4 aromatic rings. The molecule has 1 saturated heterocycles. The summed E-state index contributed by atoms with van der Waals surface area (Å²) >= 11 is 3.47. The fraction of sp³-hybridized carbons (Fsp3) is 0.286. The van der Waals surface area contributed by atoms with Crippen molar-refractivity contribution >= 4 is 38.6 Å². The average molecular weight is 518 g/mol. The number of aryl methyl sites for hydroxylation is 2. The van der Waals surface area contributed by atoms with E-state index in [1.165, 1.54) is 0 Å². The van der Waals surface area contributed by atoms with Gasteiger partial charge in [-0.15, -0.1) is 0 Å². The van der Waals surface area contributed by atoms with Crippen molar-refractivity contribution in [3.05, 3.63) is 88.7 Å². The fourth-order valence-electron chi connectivity index (χ4n) is 4.66. The largest absolute Gasteiger partial charge is 0.493 e. The smallest absolute Gasteiger partial charge is 0.227 e. The Morgan fingerprint density at radius 2 is 1.76 bits per heavy atom. The van der Waals surface area contributed by atoms with Crippen molar-refractivity contribution in [2.75, 3.05) is 18.1 Å². The van der Waals surface area contributed by atoms with Gasteiger partial charge in [0.25, 0.3) is 0 Å². The van der Waals surface area contributed by atoms with Crippen molar-refractivity contribution in [3.8, 4) is 5.75 Å². The number of carbonyl (C=O) groups is 1. The van der Waals surface area contributed by atoms with Gasteiger partial charge in [-0.2, -0.15) is 0 Å². The Balaban J connectivity index is 1.30. The Labute approximate surface area is 208 Å². The summed E-state index contributed by atoms with van der Waals surface area (Å²) in [5, 5.41) is 0. The van der Waals surface area contributed by atoms with E-state index < -0.39 is 0 Å². The number of carbonyl (C=O) groups excluding carboxylic acids is 1. The van der Waals surface area contributed by atoms with Crippen LogP contribution in [0.15, 0.2) is 77.3 Å². The molecule has 1 fully saturated rings. The number of benzene rings is 3. The van der Waals surface area contributed by atoms with Crippen molar-refractivity contribution in [2.45, 2.75) is 38.6 Å². The first-order valence-electron chi connectivity index (χ1n) is 11.8. The van der Waals surface area contributed by atoms with Crippen LogP contribution >= 0.6 is 15.9 Å². The summed E-state index contributed by atoms with van der Waals surface area (Å²) in [5.41, 5.74) is 4.22. The molecule has 0 N–H and O–H groups in total. The molecule has 5 nitrogen and oxygen atoms in total. The van der Waals surface area contributed by atoms with E-state index in [0.29, 0.717) is 19.6 Å². The third kappa shape index (κ3) is 4.73. The van der Waals surface area contributed by atoms with Crippen LogP contribution in [-0.4, -0.2) is 28.6 Å². The predicted octanol–water partition coefficient (Wildman–Crippen LogP) is 6.49. The van der Waals surface area contributed by atoms with Crippen LogP contribution < -0.4 is 9.64 Å². The van der Waals surface area contributed by atoms with Crippen LogP contribution in [0.3, 0.4) is 0 Å². The quantitative estimate of drug-likeness (QED) is 0.251. The normalized spacial score (nSPS) is 15.9. The van der Waals surface area contributed by atoms with Gasteiger partial charge in [0.1, 0.15) is 11.6 Å². The van der Waals surface area contributed by atoms with E-state index >= 15 is 0 Å². The second kappa shape index (κ2) is 10.0. The number of para-hydroxylation sites is 3. The molecule has 174 valence electrons. The van der Waals surface area contributed by atoms with Crippen LogP contribution in [0.2, 0.25) is 0 Å². The summed E-state index contributed by atoms with van der Waals surface area (Å²) in [4.78, 5) is 19.8. The van der Waals surface area contributed by atoms with Gasteiger partial charge in [-0.3, -0.25) is 4.79 Å². The number of ether oxygens (including phenoxy) is 1. The summed E-state index contributed by atoms with van der Waals surface area (Å²) in [5.74, 6) is 2.19. The molecule has 2 heterocycles. The fourth-order valence-corrected chi connectivity index (χ4v) is 4.93. The summed E-state index contributed by atoms with van der Waals surface area (Å²) < 4.78 is 9.30. The molecule has 5 rings (SSSR count). The number of halogens is 1. The molecule has 0 saturated carbocycles. The zero-order chi connectivity index (χ0) is 23.5. The molecule has 3 aromatic carbocycles. The zero-order valence-electron chi connectivity index (χ0n) is 19.3. The van der Waals surface area contributed by atoms with Crippen LogP contribution in [-0.2, 0) is 11.3 Å². The molecular weight excluding hydrogens is 490 g/mol. The number of rotatable bonds is 8. The maximum absolute atomic E-state index is 12.9. The van der Waals surface area contributed by atoms with Crippen LogP contribution in [0.5, 0.6) is 5.75 Å². The van der Waals surface area contributed by atoms with Crippen molar-refractivity contribution in [2.24, 2.45) is 0 Å². The lowest BCUT2D eigenvalue weighted by molar-refractivity contribution is -0.117. The highest BCUT2D eigenvalue weighted by atomic mass is 79.9. The van der Waals surface area contributed by atoms with Gasteiger partial charge in [0.2, 0.25) is 5.91 Å². The third-order valence-electron chi connectivity index (χ3n) is 6.44. The van der Waals surface area contributed by atoms with Crippen molar-refractivity contribution in [3.63, 3.8) is 0 Å². The van der Waals surface area contributed by atoms with Crippen LogP contribution in [0.25, 0.3) is 11.0 Å². The van der Waals surface area contributed by atoms with Gasteiger partial charge in [-0.1, -0.05) is 46.3 Å². The molecule has 0 aliphatic carbocycles. The van der Waals surface area contributed by atoms with Crippen molar-refractivity contribution in [1.29, 1.82) is 0 Å². The lowest BCUT2D eigenvalue weighted by atomic mass is 10.1. The summed E-state index contributed by atoms with van der Waals surface area (Å²) in [7, 11) is 0. The van der Waals surface area contributed by atoms with E-state index in [9.17, 15) is 4.79 Å². The number of imidazole rings is 1. The van der Waals surface area contributed by atoms with Gasteiger partial charge in [-0.25, -0.2) is 4.98 Å². The predicted molar refractivity (Wildman–Crippen MR) is 139 cm³/mol. The van der Waals surface area contributed by atoms with E-state index in [1.54, 1.807) is 0 Å². The zero-order valence-corrected chi connectivity index (χ0v) is 20.9. The molecule has 1 atom stereocenters. The molecular formula is C28H28BrN3O2.